The molecule has 0 heterocycles. The molecule has 0 N–H and O–H groups in total. The molecule has 0 rings (SSSR count). The minimum atomic E-state index is -0.791. The highest BCUT2D eigenvalue weighted by Crippen LogP contribution is 1.82. The quantitative estimate of drug-likeness (QED) is 0.331. The Morgan fingerprint density at radius 1 is 1.50 bits per heavy atom. The van der Waals surface area contributed by atoms with Crippen molar-refractivity contribution < 1.29 is 14.3 Å². The maximum absolute atomic E-state index is 10.6. The molecule has 56 valence electrons. The molecule has 3 heteroatoms. The summed E-state index contributed by atoms with van der Waals surface area (Å²) in [5.41, 5.74) is 0. The SMILES string of the molecule is CC=CC(=O)C(=O)OCC. The molecule has 0 bridgehead atoms. The molecule has 0 fully saturated rings. The van der Waals surface area contributed by atoms with Crippen LogP contribution in [0.1, 0.15) is 13.8 Å². The van der Waals surface area contributed by atoms with Gasteiger partial charge in [0.05, 0.1) is 6.61 Å². The van der Waals surface area contributed by atoms with Crippen molar-refractivity contribution in [3.8, 4) is 0 Å². The third-order valence-corrected chi connectivity index (χ3v) is 0.795. The van der Waals surface area contributed by atoms with Crippen molar-refractivity contribution in [1.82, 2.24) is 0 Å². The van der Waals surface area contributed by atoms with Gasteiger partial charge < -0.3 is 4.74 Å². The smallest absolute Gasteiger partial charge is 0.378 e. The van der Waals surface area contributed by atoms with E-state index in [-0.39, 0.29) is 6.61 Å². The van der Waals surface area contributed by atoms with Crippen molar-refractivity contribution >= 4 is 11.8 Å². The number of ketones is 1. The molecule has 0 aliphatic heterocycles. The molecule has 0 saturated heterocycles. The first-order valence-electron chi connectivity index (χ1n) is 3.06. The largest absolute Gasteiger partial charge is 0.460 e. The second-order valence-corrected chi connectivity index (χ2v) is 1.58. The minimum Gasteiger partial charge on any atom is -0.460 e. The van der Waals surface area contributed by atoms with E-state index in [2.05, 4.69) is 4.74 Å². The van der Waals surface area contributed by atoms with E-state index in [1.807, 2.05) is 0 Å². The van der Waals surface area contributed by atoms with Crippen LogP contribution in [-0.4, -0.2) is 18.4 Å². The number of carbonyl (C=O) groups is 2. The number of hydrogen-bond donors (Lipinski definition) is 0. The molecule has 0 aromatic heterocycles. The molecule has 0 radical (unpaired) electrons. The predicted molar refractivity (Wildman–Crippen MR) is 36.5 cm³/mol. The van der Waals surface area contributed by atoms with E-state index in [0.717, 1.165) is 0 Å². The van der Waals surface area contributed by atoms with Gasteiger partial charge in [0.1, 0.15) is 0 Å². The summed E-state index contributed by atoms with van der Waals surface area (Å²) in [5.74, 6) is -1.40. The van der Waals surface area contributed by atoms with Gasteiger partial charge in [-0.3, -0.25) is 4.79 Å². The van der Waals surface area contributed by atoms with Crippen molar-refractivity contribution in [3.63, 3.8) is 0 Å². The third-order valence-electron chi connectivity index (χ3n) is 0.795. The molecular formula is C7H10O3. The Morgan fingerprint density at radius 3 is 2.50 bits per heavy atom. The number of esters is 1. The fourth-order valence-corrected chi connectivity index (χ4v) is 0.422. The Morgan fingerprint density at radius 2 is 2.10 bits per heavy atom. The highest BCUT2D eigenvalue weighted by molar-refractivity contribution is 6.38. The molecule has 0 saturated carbocycles. The highest BCUT2D eigenvalue weighted by Gasteiger charge is 2.08. The molecule has 0 aromatic carbocycles. The second kappa shape index (κ2) is 4.73. The monoisotopic (exact) mass is 142 g/mol. The van der Waals surface area contributed by atoms with Gasteiger partial charge in [-0.15, -0.1) is 0 Å². The third kappa shape index (κ3) is 3.02. The maximum atomic E-state index is 10.6. The van der Waals surface area contributed by atoms with Crippen LogP contribution < -0.4 is 0 Å². The van der Waals surface area contributed by atoms with Crippen LogP contribution in [0.4, 0.5) is 0 Å². The first-order valence-corrected chi connectivity index (χ1v) is 3.06. The van der Waals surface area contributed by atoms with Crippen LogP contribution in [0, 0.1) is 0 Å². The topological polar surface area (TPSA) is 43.4 Å². The maximum Gasteiger partial charge on any atom is 0.378 e. The average Bonchev–Trinajstić information content (AvgIpc) is 1.89. The van der Waals surface area contributed by atoms with E-state index < -0.39 is 11.8 Å². The van der Waals surface area contributed by atoms with Crippen molar-refractivity contribution in [1.29, 1.82) is 0 Å². The zero-order chi connectivity index (χ0) is 7.98. The van der Waals surface area contributed by atoms with Gasteiger partial charge in [0.2, 0.25) is 0 Å². The van der Waals surface area contributed by atoms with Crippen molar-refractivity contribution in [2.75, 3.05) is 6.61 Å². The lowest BCUT2D eigenvalue weighted by molar-refractivity contribution is -0.151. The summed E-state index contributed by atoms with van der Waals surface area (Å²) in [6, 6.07) is 0. The standard InChI is InChI=1S/C7H10O3/c1-3-5-6(8)7(9)10-4-2/h3,5H,4H2,1-2H3. The Bertz CT molecular complexity index is 158. The van der Waals surface area contributed by atoms with Crippen molar-refractivity contribution in [2.24, 2.45) is 0 Å². The van der Waals surface area contributed by atoms with Gasteiger partial charge in [0.15, 0.2) is 0 Å². The van der Waals surface area contributed by atoms with Crippen LogP contribution in [0.2, 0.25) is 0 Å². The summed E-state index contributed by atoms with van der Waals surface area (Å²) in [7, 11) is 0. The Balaban J connectivity index is 3.83. The van der Waals surface area contributed by atoms with Crippen LogP contribution in [-0.2, 0) is 14.3 Å². The lowest BCUT2D eigenvalue weighted by atomic mass is 10.3. The molecule has 0 atom stereocenters. The molecule has 3 nitrogen and oxygen atoms in total. The van der Waals surface area contributed by atoms with Crippen molar-refractivity contribution in [3.05, 3.63) is 12.2 Å². The van der Waals surface area contributed by atoms with Gasteiger partial charge in [-0.2, -0.15) is 0 Å². The zero-order valence-electron chi connectivity index (χ0n) is 6.09. The number of hydrogen-bond acceptors (Lipinski definition) is 3. The van der Waals surface area contributed by atoms with Crippen molar-refractivity contribution in [2.45, 2.75) is 13.8 Å². The first-order chi connectivity index (χ1) is 4.72. The van der Waals surface area contributed by atoms with E-state index in [4.69, 9.17) is 0 Å². The van der Waals surface area contributed by atoms with E-state index in [0.29, 0.717) is 0 Å². The number of ether oxygens (including phenoxy) is 1. The van der Waals surface area contributed by atoms with Crippen LogP contribution >= 0.6 is 0 Å². The molecule has 0 aromatic rings. The lowest BCUT2D eigenvalue weighted by Crippen LogP contribution is -2.14. The number of carbonyl (C=O) groups excluding carboxylic acids is 2. The molecule has 0 aliphatic carbocycles. The average molecular weight is 142 g/mol. The summed E-state index contributed by atoms with van der Waals surface area (Å²) in [6.07, 6.45) is 2.68. The second-order valence-electron chi connectivity index (χ2n) is 1.58. The van der Waals surface area contributed by atoms with Crippen LogP contribution in [0.5, 0.6) is 0 Å². The first kappa shape index (κ1) is 8.88. The Labute approximate surface area is 59.7 Å². The summed E-state index contributed by atoms with van der Waals surface area (Å²) in [6.45, 7) is 3.56. The van der Waals surface area contributed by atoms with E-state index in [1.165, 1.54) is 12.2 Å². The van der Waals surface area contributed by atoms with Gasteiger partial charge >= 0.3 is 5.97 Å². The summed E-state index contributed by atoms with van der Waals surface area (Å²) in [5, 5.41) is 0. The Kier molecular flexibility index (Phi) is 4.20. The molecule has 0 unspecified atom stereocenters. The minimum absolute atomic E-state index is 0.238. The molecular weight excluding hydrogens is 132 g/mol. The van der Waals surface area contributed by atoms with E-state index >= 15 is 0 Å². The fourth-order valence-electron chi connectivity index (χ4n) is 0.422. The molecule has 0 aliphatic rings. The lowest BCUT2D eigenvalue weighted by Gasteiger charge is -1.94. The Hall–Kier alpha value is -1.12. The van der Waals surface area contributed by atoms with Gasteiger partial charge in [-0.25, -0.2) is 4.79 Å². The van der Waals surface area contributed by atoms with Gasteiger partial charge in [-0.1, -0.05) is 6.08 Å². The molecule has 10 heavy (non-hydrogen) atoms. The predicted octanol–water partition coefficient (Wildman–Crippen LogP) is 0.695. The fraction of sp³-hybridized carbons (Fsp3) is 0.429. The van der Waals surface area contributed by atoms with Gasteiger partial charge in [0.25, 0.3) is 5.78 Å². The summed E-state index contributed by atoms with van der Waals surface area (Å²) in [4.78, 5) is 21.1. The van der Waals surface area contributed by atoms with E-state index in [1.54, 1.807) is 13.8 Å². The highest BCUT2D eigenvalue weighted by atomic mass is 16.5. The summed E-state index contributed by atoms with van der Waals surface area (Å²) >= 11 is 0. The number of allylic oxidation sites excluding steroid dienone is 1. The molecule has 0 amide bonds. The zero-order valence-corrected chi connectivity index (χ0v) is 6.09. The number of rotatable bonds is 3. The normalized spacial score (nSPS) is 9.80. The van der Waals surface area contributed by atoms with Gasteiger partial charge in [-0.05, 0) is 19.9 Å². The summed E-state index contributed by atoms with van der Waals surface area (Å²) < 4.78 is 4.42. The van der Waals surface area contributed by atoms with Crippen LogP contribution in [0.3, 0.4) is 0 Å². The van der Waals surface area contributed by atoms with Gasteiger partial charge in [0, 0.05) is 0 Å². The van der Waals surface area contributed by atoms with Crippen LogP contribution in [0.15, 0.2) is 12.2 Å². The van der Waals surface area contributed by atoms with Crippen LogP contribution in [0.25, 0.3) is 0 Å². The van der Waals surface area contributed by atoms with E-state index in [9.17, 15) is 9.59 Å². The molecule has 0 spiro atoms.